The summed E-state index contributed by atoms with van der Waals surface area (Å²) in [7, 11) is 1.66. The van der Waals surface area contributed by atoms with Crippen LogP contribution in [-0.4, -0.2) is 38.3 Å². The van der Waals surface area contributed by atoms with Crippen LogP contribution in [0.4, 0.5) is 0 Å². The molecule has 1 heterocycles. The van der Waals surface area contributed by atoms with E-state index in [1.54, 1.807) is 7.11 Å². The van der Waals surface area contributed by atoms with Crippen molar-refractivity contribution < 1.29 is 14.2 Å². The highest BCUT2D eigenvalue weighted by atomic mass is 35.5. The first-order valence-electron chi connectivity index (χ1n) is 4.24. The molecule has 0 unspecified atom stereocenters. The normalized spacial score (nSPS) is 28.2. The van der Waals surface area contributed by atoms with E-state index in [2.05, 4.69) is 0 Å². The van der Waals surface area contributed by atoms with Crippen molar-refractivity contribution in [2.75, 3.05) is 26.9 Å². The van der Waals surface area contributed by atoms with E-state index >= 15 is 0 Å². The molecule has 78 valence electrons. The van der Waals surface area contributed by atoms with Crippen molar-refractivity contribution in [3.8, 4) is 0 Å². The van der Waals surface area contributed by atoms with Gasteiger partial charge in [0.05, 0.1) is 19.8 Å². The van der Waals surface area contributed by atoms with E-state index in [0.717, 1.165) is 12.8 Å². The zero-order valence-electron chi connectivity index (χ0n) is 7.75. The smallest absolute Gasteiger partial charge is 0.172 e. The molecule has 5 heteroatoms. The molecule has 0 bridgehead atoms. The molecule has 0 atom stereocenters. The Balaban J connectivity index is 0.000000845. The average Bonchev–Trinajstić information content (AvgIpc) is 2.35. The minimum Gasteiger partial charge on any atom is -0.383 e. The second-order valence-electron chi connectivity index (χ2n) is 3.76. The van der Waals surface area contributed by atoms with E-state index in [-0.39, 0.29) is 23.7 Å². The Labute approximate surface area is 84.1 Å². The highest BCUT2D eigenvalue weighted by Crippen LogP contribution is 2.45. The van der Waals surface area contributed by atoms with Gasteiger partial charge < -0.3 is 19.9 Å². The topological polar surface area (TPSA) is 53.7 Å². The fourth-order valence-corrected chi connectivity index (χ4v) is 2.11. The van der Waals surface area contributed by atoms with Crippen molar-refractivity contribution in [2.45, 2.75) is 24.2 Å². The molecular formula is C8H16ClNO3. The van der Waals surface area contributed by atoms with Crippen LogP contribution in [0.5, 0.6) is 0 Å². The second kappa shape index (κ2) is 3.71. The summed E-state index contributed by atoms with van der Waals surface area (Å²) in [6.45, 7) is 1.98. The molecule has 2 rings (SSSR count). The summed E-state index contributed by atoms with van der Waals surface area (Å²) in [5, 5.41) is 0. The van der Waals surface area contributed by atoms with Crippen LogP contribution in [0.15, 0.2) is 0 Å². The van der Waals surface area contributed by atoms with Crippen LogP contribution in [0, 0.1) is 0 Å². The fourth-order valence-electron chi connectivity index (χ4n) is 2.11. The first-order valence-corrected chi connectivity index (χ1v) is 4.24. The van der Waals surface area contributed by atoms with E-state index in [4.69, 9.17) is 19.9 Å². The maximum atomic E-state index is 5.98. The molecule has 1 aliphatic heterocycles. The van der Waals surface area contributed by atoms with Gasteiger partial charge in [-0.05, 0) is 0 Å². The molecule has 1 saturated carbocycles. The minimum atomic E-state index is -0.354. The highest BCUT2D eigenvalue weighted by Gasteiger charge is 2.56. The lowest BCUT2D eigenvalue weighted by Crippen LogP contribution is -2.64. The Hall–Kier alpha value is 0.130. The van der Waals surface area contributed by atoms with Gasteiger partial charge in [0.2, 0.25) is 0 Å². The summed E-state index contributed by atoms with van der Waals surface area (Å²) in [5.41, 5.74) is 5.76. The third kappa shape index (κ3) is 1.97. The average molecular weight is 210 g/mol. The van der Waals surface area contributed by atoms with Gasteiger partial charge in [-0.3, -0.25) is 0 Å². The first-order chi connectivity index (χ1) is 5.68. The van der Waals surface area contributed by atoms with Crippen molar-refractivity contribution >= 4 is 12.4 Å². The van der Waals surface area contributed by atoms with E-state index in [0.29, 0.717) is 19.8 Å². The number of methoxy groups -OCH3 is 1. The Morgan fingerprint density at radius 1 is 1.31 bits per heavy atom. The van der Waals surface area contributed by atoms with Gasteiger partial charge in [0, 0.05) is 25.5 Å². The minimum absolute atomic E-state index is 0. The molecule has 2 N–H and O–H groups in total. The number of halogens is 1. The van der Waals surface area contributed by atoms with Crippen molar-refractivity contribution in [1.82, 2.24) is 0 Å². The third-order valence-corrected chi connectivity index (χ3v) is 2.49. The lowest BCUT2D eigenvalue weighted by atomic mass is 9.72. The molecule has 0 aromatic heterocycles. The Kier molecular flexibility index (Phi) is 3.20. The quantitative estimate of drug-likeness (QED) is 0.711. The molecule has 13 heavy (non-hydrogen) atoms. The van der Waals surface area contributed by atoms with Crippen molar-refractivity contribution in [2.24, 2.45) is 5.73 Å². The number of hydrogen-bond donors (Lipinski definition) is 1. The summed E-state index contributed by atoms with van der Waals surface area (Å²) >= 11 is 0. The van der Waals surface area contributed by atoms with Crippen molar-refractivity contribution in [1.29, 1.82) is 0 Å². The van der Waals surface area contributed by atoms with E-state index in [1.807, 2.05) is 0 Å². The van der Waals surface area contributed by atoms with E-state index in [9.17, 15) is 0 Å². The maximum Gasteiger partial charge on any atom is 0.172 e. The van der Waals surface area contributed by atoms with Crippen molar-refractivity contribution in [3.63, 3.8) is 0 Å². The largest absolute Gasteiger partial charge is 0.383 e. The number of rotatable bonds is 2. The summed E-state index contributed by atoms with van der Waals surface area (Å²) < 4.78 is 15.9. The number of ether oxygens (including phenoxy) is 3. The molecule has 0 aromatic carbocycles. The van der Waals surface area contributed by atoms with Gasteiger partial charge in [0.25, 0.3) is 0 Å². The standard InChI is InChI=1S/C8H15NO3.ClH/c1-10-6-7(9)4-8(5-7)11-2-3-12-8;/h2-6,9H2,1H3;1H. The Morgan fingerprint density at radius 2 is 1.85 bits per heavy atom. The first kappa shape index (κ1) is 11.2. The molecule has 0 radical (unpaired) electrons. The lowest BCUT2D eigenvalue weighted by molar-refractivity contribution is -0.243. The third-order valence-electron chi connectivity index (χ3n) is 2.49. The van der Waals surface area contributed by atoms with Gasteiger partial charge in [0.1, 0.15) is 0 Å². The zero-order chi connectivity index (χ0) is 8.66. The van der Waals surface area contributed by atoms with Crippen molar-refractivity contribution in [3.05, 3.63) is 0 Å². The van der Waals surface area contributed by atoms with Gasteiger partial charge >= 0.3 is 0 Å². The van der Waals surface area contributed by atoms with Crippen LogP contribution in [0.3, 0.4) is 0 Å². The molecule has 2 fully saturated rings. The number of nitrogens with two attached hydrogens (primary N) is 1. The molecule has 4 nitrogen and oxygen atoms in total. The number of hydrogen-bond acceptors (Lipinski definition) is 4. The highest BCUT2D eigenvalue weighted by molar-refractivity contribution is 5.85. The van der Waals surface area contributed by atoms with Crippen LogP contribution in [-0.2, 0) is 14.2 Å². The summed E-state index contributed by atoms with van der Waals surface area (Å²) in [4.78, 5) is 0. The summed E-state index contributed by atoms with van der Waals surface area (Å²) in [5.74, 6) is -0.354. The Bertz CT molecular complexity index is 174. The molecule has 1 aliphatic carbocycles. The SMILES string of the molecule is COCC1(N)CC2(C1)OCCO2.Cl. The van der Waals surface area contributed by atoms with Gasteiger partial charge in [-0.15, -0.1) is 12.4 Å². The van der Waals surface area contributed by atoms with Gasteiger partial charge in [-0.2, -0.15) is 0 Å². The maximum absolute atomic E-state index is 5.98. The second-order valence-corrected chi connectivity index (χ2v) is 3.76. The zero-order valence-corrected chi connectivity index (χ0v) is 8.56. The summed E-state index contributed by atoms with van der Waals surface area (Å²) in [6, 6.07) is 0. The Morgan fingerprint density at radius 3 is 2.31 bits per heavy atom. The van der Waals surface area contributed by atoms with Crippen LogP contribution < -0.4 is 5.73 Å². The molecule has 0 aromatic rings. The molecule has 1 spiro atoms. The van der Waals surface area contributed by atoms with Crippen LogP contribution in [0.2, 0.25) is 0 Å². The molecule has 1 saturated heterocycles. The van der Waals surface area contributed by atoms with Gasteiger partial charge in [-0.1, -0.05) is 0 Å². The van der Waals surface area contributed by atoms with Crippen LogP contribution >= 0.6 is 12.4 Å². The van der Waals surface area contributed by atoms with Crippen LogP contribution in [0.1, 0.15) is 12.8 Å². The molecular weight excluding hydrogens is 194 g/mol. The lowest BCUT2D eigenvalue weighted by Gasteiger charge is -2.49. The fraction of sp³-hybridized carbons (Fsp3) is 1.00. The molecule has 2 aliphatic rings. The van der Waals surface area contributed by atoms with Gasteiger partial charge in [0.15, 0.2) is 5.79 Å². The van der Waals surface area contributed by atoms with Crippen LogP contribution in [0.25, 0.3) is 0 Å². The summed E-state index contributed by atoms with van der Waals surface area (Å²) in [6.07, 6.45) is 1.52. The molecule has 0 amide bonds. The predicted octanol–water partition coefficient (Wildman–Crippen LogP) is 0.289. The predicted molar refractivity (Wildman–Crippen MR) is 49.9 cm³/mol. The monoisotopic (exact) mass is 209 g/mol. The van der Waals surface area contributed by atoms with Gasteiger partial charge in [-0.25, -0.2) is 0 Å². The van der Waals surface area contributed by atoms with E-state index < -0.39 is 0 Å². The van der Waals surface area contributed by atoms with E-state index in [1.165, 1.54) is 0 Å².